The number of ether oxygens (including phenoxy) is 1. The molecule has 4 rings (SSSR count). The van der Waals surface area contributed by atoms with Crippen molar-refractivity contribution in [3.8, 4) is 11.3 Å². The molecule has 0 radical (unpaired) electrons. The van der Waals surface area contributed by atoms with Gasteiger partial charge in [0, 0.05) is 31.4 Å². The highest BCUT2D eigenvalue weighted by atomic mass is 16.5. The Bertz CT molecular complexity index is 1060. The first-order valence-electron chi connectivity index (χ1n) is 10.1. The Morgan fingerprint density at radius 1 is 1.16 bits per heavy atom. The molecule has 3 aromatic rings. The monoisotopic (exact) mass is 417 g/mol. The molecule has 0 atom stereocenters. The minimum Gasteiger partial charge on any atom is -0.382 e. The molecule has 0 saturated carbocycles. The standard InChI is InChI=1S/C21H24BN7O2/c22-26-11-14-1-3-15(4-2-14)16-13-25-20(23)19(27-16)21(30)28-17-12-24-6-5-18(17)29-7-9-31-10-8-29/h1-6,12-13,26H,7-11,22H2,(H2,23,25)(H,28,30). The lowest BCUT2D eigenvalue weighted by atomic mass is 10.1. The van der Waals surface area contributed by atoms with Gasteiger partial charge in [-0.3, -0.25) is 9.78 Å². The van der Waals surface area contributed by atoms with Crippen molar-refractivity contribution in [2.75, 3.05) is 42.3 Å². The van der Waals surface area contributed by atoms with Gasteiger partial charge < -0.3 is 25.9 Å². The normalized spacial score (nSPS) is 13.7. The number of pyridine rings is 1. The second kappa shape index (κ2) is 9.54. The van der Waals surface area contributed by atoms with Crippen molar-refractivity contribution in [2.24, 2.45) is 0 Å². The lowest BCUT2D eigenvalue weighted by molar-refractivity contribution is 0.102. The van der Waals surface area contributed by atoms with Crippen molar-refractivity contribution in [1.29, 1.82) is 0 Å². The zero-order chi connectivity index (χ0) is 21.6. The molecule has 31 heavy (non-hydrogen) atoms. The predicted octanol–water partition coefficient (Wildman–Crippen LogP) is 0.847. The van der Waals surface area contributed by atoms with Crippen LogP contribution in [0.25, 0.3) is 11.3 Å². The Labute approximate surface area is 181 Å². The molecule has 0 spiro atoms. The van der Waals surface area contributed by atoms with Gasteiger partial charge in [-0.2, -0.15) is 0 Å². The fourth-order valence-electron chi connectivity index (χ4n) is 3.45. The van der Waals surface area contributed by atoms with Crippen LogP contribution in [-0.4, -0.2) is 55.1 Å². The summed E-state index contributed by atoms with van der Waals surface area (Å²) in [6.45, 7) is 3.55. The van der Waals surface area contributed by atoms with Crippen LogP contribution in [0.4, 0.5) is 17.2 Å². The van der Waals surface area contributed by atoms with Gasteiger partial charge in [-0.1, -0.05) is 24.3 Å². The van der Waals surface area contributed by atoms with Gasteiger partial charge in [-0.05, 0) is 11.6 Å². The number of hydrogen-bond acceptors (Lipinski definition) is 8. The summed E-state index contributed by atoms with van der Waals surface area (Å²) >= 11 is 0. The van der Waals surface area contributed by atoms with Crippen LogP contribution in [0.15, 0.2) is 48.9 Å². The first kappa shape index (κ1) is 20.8. The number of aromatic nitrogens is 3. The molecule has 1 aromatic carbocycles. The van der Waals surface area contributed by atoms with E-state index in [9.17, 15) is 4.79 Å². The van der Waals surface area contributed by atoms with E-state index in [2.05, 4.69) is 30.4 Å². The fraction of sp³-hybridized carbons (Fsp3) is 0.238. The Morgan fingerprint density at radius 2 is 1.94 bits per heavy atom. The molecule has 158 valence electrons. The summed E-state index contributed by atoms with van der Waals surface area (Å²) in [6.07, 6.45) is 4.89. The zero-order valence-corrected chi connectivity index (χ0v) is 17.3. The average Bonchev–Trinajstić information content (AvgIpc) is 2.81. The van der Waals surface area contributed by atoms with Gasteiger partial charge in [-0.15, -0.1) is 0 Å². The number of anilines is 3. The number of rotatable bonds is 6. The van der Waals surface area contributed by atoms with Crippen molar-refractivity contribution in [2.45, 2.75) is 6.54 Å². The number of nitrogens with one attached hydrogen (secondary N) is 2. The van der Waals surface area contributed by atoms with E-state index in [1.54, 1.807) is 18.6 Å². The van der Waals surface area contributed by atoms with E-state index in [0.29, 0.717) is 24.6 Å². The first-order valence-corrected chi connectivity index (χ1v) is 10.1. The smallest absolute Gasteiger partial charge is 0.278 e. The molecular formula is C21H24BN7O2. The van der Waals surface area contributed by atoms with E-state index in [-0.39, 0.29) is 11.5 Å². The van der Waals surface area contributed by atoms with Gasteiger partial charge >= 0.3 is 0 Å². The third-order valence-corrected chi connectivity index (χ3v) is 5.04. The van der Waals surface area contributed by atoms with Gasteiger partial charge in [0.05, 0.1) is 42.7 Å². The molecule has 4 N–H and O–H groups in total. The minimum atomic E-state index is -0.429. The number of nitrogens with two attached hydrogens (primary N) is 1. The van der Waals surface area contributed by atoms with Crippen molar-refractivity contribution in [1.82, 2.24) is 20.2 Å². The number of hydrogen-bond donors (Lipinski definition) is 3. The number of carbonyl (C=O) groups excluding carboxylic acids is 1. The molecule has 1 fully saturated rings. The second-order valence-corrected chi connectivity index (χ2v) is 7.16. The molecule has 1 saturated heterocycles. The molecule has 1 aliphatic heterocycles. The molecule has 1 amide bonds. The van der Waals surface area contributed by atoms with Crippen molar-refractivity contribution < 1.29 is 9.53 Å². The van der Waals surface area contributed by atoms with E-state index < -0.39 is 5.91 Å². The van der Waals surface area contributed by atoms with E-state index in [0.717, 1.165) is 36.4 Å². The van der Waals surface area contributed by atoms with E-state index in [1.807, 2.05) is 38.3 Å². The number of morpholine rings is 1. The fourth-order valence-corrected chi connectivity index (χ4v) is 3.45. The third kappa shape index (κ3) is 4.81. The van der Waals surface area contributed by atoms with Crippen LogP contribution in [0, 0.1) is 0 Å². The van der Waals surface area contributed by atoms with Gasteiger partial charge in [0.15, 0.2) is 19.5 Å². The maximum atomic E-state index is 13.0. The van der Waals surface area contributed by atoms with Gasteiger partial charge in [-0.25, -0.2) is 9.97 Å². The highest BCUT2D eigenvalue weighted by Crippen LogP contribution is 2.26. The number of amides is 1. The molecule has 10 heteroatoms. The molecule has 3 heterocycles. The third-order valence-electron chi connectivity index (χ3n) is 5.04. The highest BCUT2D eigenvalue weighted by molar-refractivity contribution is 6.07. The summed E-state index contributed by atoms with van der Waals surface area (Å²) in [5.41, 5.74) is 10.1. The summed E-state index contributed by atoms with van der Waals surface area (Å²) in [6, 6.07) is 9.79. The maximum Gasteiger partial charge on any atom is 0.278 e. The molecule has 9 nitrogen and oxygen atoms in total. The Morgan fingerprint density at radius 3 is 2.68 bits per heavy atom. The van der Waals surface area contributed by atoms with Crippen LogP contribution in [0.5, 0.6) is 0 Å². The molecule has 1 aliphatic rings. The van der Waals surface area contributed by atoms with Crippen LogP contribution in [0.2, 0.25) is 0 Å². The molecule has 2 aromatic heterocycles. The quantitative estimate of drug-likeness (QED) is 0.506. The highest BCUT2D eigenvalue weighted by Gasteiger charge is 2.19. The Kier molecular flexibility index (Phi) is 6.39. The van der Waals surface area contributed by atoms with Crippen LogP contribution < -0.4 is 21.2 Å². The Balaban J connectivity index is 1.57. The van der Waals surface area contributed by atoms with Gasteiger partial charge in [0.25, 0.3) is 5.91 Å². The summed E-state index contributed by atoms with van der Waals surface area (Å²) in [5.74, 6) is -0.356. The summed E-state index contributed by atoms with van der Waals surface area (Å²) in [5, 5.41) is 6.01. The molecule has 0 aliphatic carbocycles. The SMILES string of the molecule is BNCc1ccc(-c2cnc(N)c(C(=O)Nc3cnccc3N3CCOCC3)n2)cc1. The minimum absolute atomic E-state index is 0.0739. The lowest BCUT2D eigenvalue weighted by Crippen LogP contribution is -2.36. The van der Waals surface area contributed by atoms with Crippen molar-refractivity contribution in [3.63, 3.8) is 0 Å². The summed E-state index contributed by atoms with van der Waals surface area (Å²) in [7, 11) is 1.90. The van der Waals surface area contributed by atoms with Crippen LogP contribution >= 0.6 is 0 Å². The first-order chi connectivity index (χ1) is 15.2. The summed E-state index contributed by atoms with van der Waals surface area (Å²) in [4.78, 5) is 28.0. The maximum absolute atomic E-state index is 13.0. The van der Waals surface area contributed by atoms with Crippen LogP contribution in [0.1, 0.15) is 16.1 Å². The number of nitrogens with zero attached hydrogens (tertiary/aromatic N) is 4. The van der Waals surface area contributed by atoms with E-state index in [1.165, 1.54) is 0 Å². The van der Waals surface area contributed by atoms with E-state index >= 15 is 0 Å². The summed E-state index contributed by atoms with van der Waals surface area (Å²) < 4.78 is 5.42. The van der Waals surface area contributed by atoms with Crippen molar-refractivity contribution >= 4 is 31.1 Å². The molecule has 0 unspecified atom stereocenters. The molecule has 0 bridgehead atoms. The van der Waals surface area contributed by atoms with Crippen LogP contribution in [0.3, 0.4) is 0 Å². The number of carbonyl (C=O) groups is 1. The molecular weight excluding hydrogens is 393 g/mol. The lowest BCUT2D eigenvalue weighted by Gasteiger charge is -2.30. The second-order valence-electron chi connectivity index (χ2n) is 7.16. The number of benzene rings is 1. The Hall–Kier alpha value is -3.50. The van der Waals surface area contributed by atoms with Gasteiger partial charge in [0.1, 0.15) is 0 Å². The topological polar surface area (TPSA) is 118 Å². The van der Waals surface area contributed by atoms with E-state index in [4.69, 9.17) is 10.5 Å². The largest absolute Gasteiger partial charge is 0.382 e. The predicted molar refractivity (Wildman–Crippen MR) is 122 cm³/mol. The van der Waals surface area contributed by atoms with Gasteiger partial charge in [0.2, 0.25) is 0 Å². The zero-order valence-electron chi connectivity index (χ0n) is 17.3. The van der Waals surface area contributed by atoms with Crippen LogP contribution in [-0.2, 0) is 11.3 Å². The number of nitrogen functional groups attached to an aromatic ring is 1. The van der Waals surface area contributed by atoms with Crippen molar-refractivity contribution in [3.05, 3.63) is 60.2 Å². The average molecular weight is 417 g/mol.